The highest BCUT2D eigenvalue weighted by atomic mass is 19.4. The Hall–Kier alpha value is -3.16. The van der Waals surface area contributed by atoms with Crippen LogP contribution in [0.1, 0.15) is 46.1 Å². The highest BCUT2D eigenvalue weighted by Crippen LogP contribution is 2.30. The van der Waals surface area contributed by atoms with Crippen LogP contribution in [0.25, 0.3) is 0 Å². The van der Waals surface area contributed by atoms with Gasteiger partial charge in [0.2, 0.25) is 0 Å². The van der Waals surface area contributed by atoms with Crippen LogP contribution < -0.4 is 0 Å². The lowest BCUT2D eigenvalue weighted by Gasteiger charge is -2.32. The molecule has 1 amide bonds. The standard InChI is InChI=1S/C21H19F3N4O/c1-14-12-27(20(29)16-7-9-17(10-8-16)21(22,23)24)13-19-26-25-18(28(14)19)11-15-5-3-2-4-6-15/h2-10,14H,11-13H2,1H3/t14-/m0/s1. The van der Waals surface area contributed by atoms with Gasteiger partial charge in [-0.1, -0.05) is 30.3 Å². The number of benzene rings is 2. The second kappa shape index (κ2) is 7.35. The van der Waals surface area contributed by atoms with Crippen LogP contribution in [-0.4, -0.2) is 32.1 Å². The maximum atomic E-state index is 12.8. The Morgan fingerprint density at radius 1 is 1.07 bits per heavy atom. The minimum absolute atomic E-state index is 0.0362. The number of nitrogens with zero attached hydrogens (tertiary/aromatic N) is 4. The first-order chi connectivity index (χ1) is 13.8. The zero-order chi connectivity index (χ0) is 20.6. The third kappa shape index (κ3) is 3.87. The Morgan fingerprint density at radius 3 is 2.41 bits per heavy atom. The summed E-state index contributed by atoms with van der Waals surface area (Å²) in [4.78, 5) is 14.4. The average Bonchev–Trinajstić information content (AvgIpc) is 3.11. The maximum Gasteiger partial charge on any atom is 0.416 e. The summed E-state index contributed by atoms with van der Waals surface area (Å²) in [7, 11) is 0. The number of alkyl halides is 3. The van der Waals surface area contributed by atoms with Gasteiger partial charge >= 0.3 is 6.18 Å². The van der Waals surface area contributed by atoms with Crippen molar-refractivity contribution in [2.24, 2.45) is 0 Å². The minimum atomic E-state index is -4.42. The van der Waals surface area contributed by atoms with E-state index < -0.39 is 11.7 Å². The molecule has 0 aliphatic carbocycles. The SMILES string of the molecule is C[C@H]1CN(C(=O)c2ccc(C(F)(F)F)cc2)Cc2nnc(Cc3ccccc3)n21. The summed E-state index contributed by atoms with van der Waals surface area (Å²) >= 11 is 0. The van der Waals surface area contributed by atoms with E-state index in [1.54, 1.807) is 4.90 Å². The molecule has 1 aliphatic rings. The van der Waals surface area contributed by atoms with Gasteiger partial charge in [-0.2, -0.15) is 13.2 Å². The Labute approximate surface area is 165 Å². The number of carbonyl (C=O) groups excluding carboxylic acids is 1. The summed E-state index contributed by atoms with van der Waals surface area (Å²) in [6, 6.07) is 14.2. The summed E-state index contributed by atoms with van der Waals surface area (Å²) in [6.45, 7) is 2.69. The molecule has 29 heavy (non-hydrogen) atoms. The molecule has 1 aliphatic heterocycles. The van der Waals surface area contributed by atoms with Crippen LogP contribution >= 0.6 is 0 Å². The summed E-state index contributed by atoms with van der Waals surface area (Å²) < 4.78 is 40.3. The average molecular weight is 400 g/mol. The number of hydrogen-bond acceptors (Lipinski definition) is 3. The van der Waals surface area contributed by atoms with Gasteiger partial charge in [0, 0.05) is 18.5 Å². The van der Waals surface area contributed by atoms with Crippen molar-refractivity contribution in [2.75, 3.05) is 6.54 Å². The van der Waals surface area contributed by atoms with Crippen molar-refractivity contribution in [3.63, 3.8) is 0 Å². The molecule has 0 spiro atoms. The van der Waals surface area contributed by atoms with E-state index in [9.17, 15) is 18.0 Å². The van der Waals surface area contributed by atoms with Gasteiger partial charge in [0.25, 0.3) is 5.91 Å². The van der Waals surface area contributed by atoms with E-state index in [2.05, 4.69) is 10.2 Å². The van der Waals surface area contributed by atoms with Gasteiger partial charge in [0.05, 0.1) is 18.2 Å². The first kappa shape index (κ1) is 19.2. The Bertz CT molecular complexity index is 1010. The lowest BCUT2D eigenvalue weighted by molar-refractivity contribution is -0.137. The molecule has 0 saturated carbocycles. The molecule has 8 heteroatoms. The molecule has 1 aromatic heterocycles. The quantitative estimate of drug-likeness (QED) is 0.665. The van der Waals surface area contributed by atoms with Gasteiger partial charge in [0.15, 0.2) is 5.82 Å². The maximum absolute atomic E-state index is 12.8. The number of amides is 1. The fraction of sp³-hybridized carbons (Fsp3) is 0.286. The predicted octanol–water partition coefficient (Wildman–Crippen LogP) is 4.10. The fourth-order valence-electron chi connectivity index (χ4n) is 3.65. The van der Waals surface area contributed by atoms with Crippen LogP contribution in [0.2, 0.25) is 0 Å². The van der Waals surface area contributed by atoms with Crippen molar-refractivity contribution >= 4 is 5.91 Å². The molecule has 2 heterocycles. The highest BCUT2D eigenvalue weighted by molar-refractivity contribution is 5.94. The molecule has 0 saturated heterocycles. The highest BCUT2D eigenvalue weighted by Gasteiger charge is 2.32. The van der Waals surface area contributed by atoms with E-state index in [0.29, 0.717) is 18.8 Å². The zero-order valence-corrected chi connectivity index (χ0v) is 15.7. The largest absolute Gasteiger partial charge is 0.416 e. The molecular formula is C21H19F3N4O. The number of aromatic nitrogens is 3. The Kier molecular flexibility index (Phi) is 4.86. The number of rotatable bonds is 3. The summed E-state index contributed by atoms with van der Waals surface area (Å²) in [5, 5.41) is 8.54. The van der Waals surface area contributed by atoms with Crippen LogP contribution in [-0.2, 0) is 19.1 Å². The topological polar surface area (TPSA) is 51.0 Å². The van der Waals surface area contributed by atoms with Gasteiger partial charge < -0.3 is 9.47 Å². The first-order valence-corrected chi connectivity index (χ1v) is 9.26. The minimum Gasteiger partial charge on any atom is -0.329 e. The predicted molar refractivity (Wildman–Crippen MR) is 100 cm³/mol. The van der Waals surface area contributed by atoms with Crippen molar-refractivity contribution in [3.05, 3.63) is 82.9 Å². The molecule has 2 aromatic carbocycles. The van der Waals surface area contributed by atoms with Gasteiger partial charge in [-0.15, -0.1) is 10.2 Å². The summed E-state index contributed by atoms with van der Waals surface area (Å²) in [6.07, 6.45) is -3.78. The van der Waals surface area contributed by atoms with Crippen molar-refractivity contribution < 1.29 is 18.0 Å². The summed E-state index contributed by atoms with van der Waals surface area (Å²) in [5.41, 5.74) is 0.576. The van der Waals surface area contributed by atoms with E-state index in [1.165, 1.54) is 12.1 Å². The Balaban J connectivity index is 1.52. The van der Waals surface area contributed by atoms with Crippen LogP contribution in [0.5, 0.6) is 0 Å². The molecule has 0 N–H and O–H groups in total. The van der Waals surface area contributed by atoms with Gasteiger partial charge in [-0.25, -0.2) is 0 Å². The monoisotopic (exact) mass is 400 g/mol. The van der Waals surface area contributed by atoms with Crippen LogP contribution in [0.3, 0.4) is 0 Å². The van der Waals surface area contributed by atoms with Crippen LogP contribution in [0.15, 0.2) is 54.6 Å². The summed E-state index contributed by atoms with van der Waals surface area (Å²) in [5.74, 6) is 1.19. The van der Waals surface area contributed by atoms with E-state index >= 15 is 0 Å². The third-order valence-electron chi connectivity index (χ3n) is 5.05. The molecule has 5 nitrogen and oxygen atoms in total. The number of carbonyl (C=O) groups is 1. The van der Waals surface area contributed by atoms with E-state index in [-0.39, 0.29) is 24.1 Å². The Morgan fingerprint density at radius 2 is 1.76 bits per heavy atom. The lowest BCUT2D eigenvalue weighted by Crippen LogP contribution is -2.40. The molecule has 4 rings (SSSR count). The van der Waals surface area contributed by atoms with E-state index in [4.69, 9.17) is 0 Å². The fourth-order valence-corrected chi connectivity index (χ4v) is 3.65. The molecule has 3 aromatic rings. The van der Waals surface area contributed by atoms with Crippen LogP contribution in [0, 0.1) is 0 Å². The van der Waals surface area contributed by atoms with Crippen molar-refractivity contribution in [2.45, 2.75) is 32.1 Å². The van der Waals surface area contributed by atoms with Crippen molar-refractivity contribution in [1.29, 1.82) is 0 Å². The molecule has 0 bridgehead atoms. The molecule has 1 atom stereocenters. The molecule has 150 valence electrons. The zero-order valence-electron chi connectivity index (χ0n) is 15.7. The number of fused-ring (bicyclic) bond motifs is 1. The lowest BCUT2D eigenvalue weighted by atomic mass is 10.1. The van der Waals surface area contributed by atoms with Crippen molar-refractivity contribution in [1.82, 2.24) is 19.7 Å². The van der Waals surface area contributed by atoms with Gasteiger partial charge in [-0.05, 0) is 36.8 Å². The normalized spacial score (nSPS) is 16.6. The number of hydrogen-bond donors (Lipinski definition) is 0. The van der Waals surface area contributed by atoms with Gasteiger partial charge in [0.1, 0.15) is 5.82 Å². The first-order valence-electron chi connectivity index (χ1n) is 9.26. The molecule has 0 radical (unpaired) electrons. The smallest absolute Gasteiger partial charge is 0.329 e. The van der Waals surface area contributed by atoms with Crippen LogP contribution in [0.4, 0.5) is 13.2 Å². The van der Waals surface area contributed by atoms with E-state index in [0.717, 1.165) is 23.5 Å². The third-order valence-corrected chi connectivity index (χ3v) is 5.05. The second-order valence-corrected chi connectivity index (χ2v) is 7.17. The molecule has 0 fully saturated rings. The second-order valence-electron chi connectivity index (χ2n) is 7.17. The van der Waals surface area contributed by atoms with Gasteiger partial charge in [-0.3, -0.25) is 4.79 Å². The van der Waals surface area contributed by atoms with E-state index in [1.807, 2.05) is 41.8 Å². The van der Waals surface area contributed by atoms with Crippen molar-refractivity contribution in [3.8, 4) is 0 Å². The molecular weight excluding hydrogens is 381 g/mol. The molecule has 0 unspecified atom stereocenters. The number of halogens is 3.